The number of benzene rings is 2. The maximum atomic E-state index is 13.3. The van der Waals surface area contributed by atoms with Gasteiger partial charge >= 0.3 is 0 Å². The molecule has 19 heavy (non-hydrogen) atoms. The van der Waals surface area contributed by atoms with Crippen molar-refractivity contribution in [1.82, 2.24) is 5.32 Å². The summed E-state index contributed by atoms with van der Waals surface area (Å²) in [6, 6.07) is 11.6. The molecule has 1 nitrogen and oxygen atoms in total. The molecule has 0 spiro atoms. The van der Waals surface area contributed by atoms with E-state index in [4.69, 9.17) is 0 Å². The van der Waals surface area contributed by atoms with E-state index in [1.54, 1.807) is 0 Å². The third-order valence-corrected chi connectivity index (χ3v) is 2.89. The molecule has 0 unspecified atom stereocenters. The van der Waals surface area contributed by atoms with Crippen molar-refractivity contribution < 1.29 is 8.78 Å². The van der Waals surface area contributed by atoms with Gasteiger partial charge in [0.05, 0.1) is 0 Å². The molecule has 0 saturated carbocycles. The van der Waals surface area contributed by atoms with E-state index in [2.05, 4.69) is 19.2 Å². The zero-order chi connectivity index (χ0) is 13.8. The Bertz CT molecular complexity index is 544. The summed E-state index contributed by atoms with van der Waals surface area (Å²) in [4.78, 5) is 0. The molecule has 2 aromatic carbocycles. The largest absolute Gasteiger partial charge is 0.310 e. The van der Waals surface area contributed by atoms with Crippen molar-refractivity contribution >= 4 is 0 Å². The van der Waals surface area contributed by atoms with E-state index >= 15 is 0 Å². The predicted molar refractivity (Wildman–Crippen MR) is 73.8 cm³/mol. The molecular weight excluding hydrogens is 244 g/mol. The van der Waals surface area contributed by atoms with Gasteiger partial charge < -0.3 is 5.32 Å². The smallest absolute Gasteiger partial charge is 0.126 e. The fourth-order valence-corrected chi connectivity index (χ4v) is 1.98. The van der Waals surface area contributed by atoms with Crippen LogP contribution in [-0.2, 0) is 6.54 Å². The maximum Gasteiger partial charge on any atom is 0.126 e. The zero-order valence-electron chi connectivity index (χ0n) is 11.1. The third-order valence-electron chi connectivity index (χ3n) is 2.89. The first kappa shape index (κ1) is 13.7. The minimum atomic E-state index is -0.554. The number of rotatable bonds is 4. The molecule has 0 radical (unpaired) electrons. The van der Waals surface area contributed by atoms with Crippen LogP contribution in [0.2, 0.25) is 0 Å². The summed E-state index contributed by atoms with van der Waals surface area (Å²) in [7, 11) is 0. The summed E-state index contributed by atoms with van der Waals surface area (Å²) in [5.41, 5.74) is 2.45. The molecule has 2 rings (SSSR count). The molecule has 0 amide bonds. The van der Waals surface area contributed by atoms with E-state index in [0.717, 1.165) is 17.2 Å². The van der Waals surface area contributed by atoms with Gasteiger partial charge in [0.1, 0.15) is 11.6 Å². The summed E-state index contributed by atoms with van der Waals surface area (Å²) in [6.45, 7) is 4.79. The fraction of sp³-hybridized carbons (Fsp3) is 0.250. The zero-order valence-corrected chi connectivity index (χ0v) is 11.1. The Morgan fingerprint density at radius 2 is 1.63 bits per heavy atom. The van der Waals surface area contributed by atoms with Gasteiger partial charge in [-0.3, -0.25) is 0 Å². The molecule has 1 N–H and O–H groups in total. The van der Waals surface area contributed by atoms with E-state index in [1.165, 1.54) is 12.1 Å². The highest BCUT2D eigenvalue weighted by molar-refractivity contribution is 5.67. The Labute approximate surface area is 112 Å². The Kier molecular flexibility index (Phi) is 4.27. The lowest BCUT2D eigenvalue weighted by molar-refractivity contribution is 0.583. The lowest BCUT2D eigenvalue weighted by Crippen LogP contribution is -2.22. The van der Waals surface area contributed by atoms with E-state index in [-0.39, 0.29) is 0 Å². The summed E-state index contributed by atoms with van der Waals surface area (Å²) < 4.78 is 26.6. The van der Waals surface area contributed by atoms with Crippen LogP contribution in [0.1, 0.15) is 19.4 Å². The van der Waals surface area contributed by atoms with Gasteiger partial charge in [0.2, 0.25) is 0 Å². The summed E-state index contributed by atoms with van der Waals surface area (Å²) >= 11 is 0. The number of hydrogen-bond donors (Lipinski definition) is 1. The van der Waals surface area contributed by atoms with Crippen LogP contribution in [-0.4, -0.2) is 6.04 Å². The molecule has 0 saturated heterocycles. The van der Waals surface area contributed by atoms with Crippen LogP contribution in [0.3, 0.4) is 0 Å². The Morgan fingerprint density at radius 3 is 2.26 bits per heavy atom. The topological polar surface area (TPSA) is 12.0 Å². The summed E-state index contributed by atoms with van der Waals surface area (Å²) in [5.74, 6) is -1.11. The van der Waals surface area contributed by atoms with Crippen LogP contribution in [0.15, 0.2) is 42.5 Å². The average Bonchev–Trinajstić information content (AvgIpc) is 2.35. The van der Waals surface area contributed by atoms with Gasteiger partial charge in [0.25, 0.3) is 0 Å². The third kappa shape index (κ3) is 3.61. The Balaban J connectivity index is 2.38. The quantitative estimate of drug-likeness (QED) is 0.872. The van der Waals surface area contributed by atoms with Crippen molar-refractivity contribution in [2.75, 3.05) is 0 Å². The Morgan fingerprint density at radius 1 is 1.00 bits per heavy atom. The first-order valence-corrected chi connectivity index (χ1v) is 6.34. The highest BCUT2D eigenvalue weighted by Gasteiger charge is 2.08. The number of halogens is 2. The molecule has 100 valence electrons. The predicted octanol–water partition coefficient (Wildman–Crippen LogP) is 4.13. The van der Waals surface area contributed by atoms with Crippen LogP contribution in [0.5, 0.6) is 0 Å². The standard InChI is InChI=1S/C16H17F2N/c1-11(2)19-10-12-5-3-4-6-16(12)13-7-14(17)9-15(18)8-13/h3-9,11,19H,10H2,1-2H3. The van der Waals surface area contributed by atoms with Gasteiger partial charge in [-0.25, -0.2) is 8.78 Å². The molecule has 3 heteroatoms. The first-order valence-electron chi connectivity index (χ1n) is 6.34. The molecule has 0 heterocycles. The van der Waals surface area contributed by atoms with Crippen LogP contribution in [0.25, 0.3) is 11.1 Å². The Hall–Kier alpha value is -1.74. The van der Waals surface area contributed by atoms with Crippen LogP contribution < -0.4 is 5.32 Å². The van der Waals surface area contributed by atoms with Crippen LogP contribution in [0.4, 0.5) is 8.78 Å². The van der Waals surface area contributed by atoms with Gasteiger partial charge in [-0.05, 0) is 28.8 Å². The van der Waals surface area contributed by atoms with Crippen LogP contribution in [0, 0.1) is 11.6 Å². The van der Waals surface area contributed by atoms with Gasteiger partial charge in [-0.1, -0.05) is 38.1 Å². The monoisotopic (exact) mass is 261 g/mol. The van der Waals surface area contributed by atoms with Gasteiger partial charge in [-0.15, -0.1) is 0 Å². The summed E-state index contributed by atoms with van der Waals surface area (Å²) in [6.07, 6.45) is 0. The minimum Gasteiger partial charge on any atom is -0.310 e. The van der Waals surface area contributed by atoms with E-state index in [0.29, 0.717) is 18.2 Å². The first-order chi connectivity index (χ1) is 9.06. The molecule has 2 aromatic rings. The SMILES string of the molecule is CC(C)NCc1ccccc1-c1cc(F)cc(F)c1. The normalized spacial score (nSPS) is 11.0. The van der Waals surface area contributed by atoms with E-state index < -0.39 is 11.6 Å². The highest BCUT2D eigenvalue weighted by atomic mass is 19.1. The van der Waals surface area contributed by atoms with Crippen molar-refractivity contribution in [2.24, 2.45) is 0 Å². The average molecular weight is 261 g/mol. The van der Waals surface area contributed by atoms with Crippen LogP contribution >= 0.6 is 0 Å². The second-order valence-electron chi connectivity index (χ2n) is 4.85. The highest BCUT2D eigenvalue weighted by Crippen LogP contribution is 2.25. The lowest BCUT2D eigenvalue weighted by atomic mass is 9.99. The van der Waals surface area contributed by atoms with Gasteiger partial charge in [-0.2, -0.15) is 0 Å². The number of nitrogens with one attached hydrogen (secondary N) is 1. The number of hydrogen-bond acceptors (Lipinski definition) is 1. The fourth-order valence-electron chi connectivity index (χ4n) is 1.98. The second kappa shape index (κ2) is 5.93. The molecule has 0 aliphatic rings. The van der Waals surface area contributed by atoms with E-state index in [9.17, 15) is 8.78 Å². The molecule has 0 bridgehead atoms. The second-order valence-corrected chi connectivity index (χ2v) is 4.85. The molecule has 0 atom stereocenters. The molecule has 0 aliphatic carbocycles. The van der Waals surface area contributed by atoms with Crippen molar-refractivity contribution in [3.8, 4) is 11.1 Å². The molecule has 0 aromatic heterocycles. The van der Waals surface area contributed by atoms with Crippen molar-refractivity contribution in [3.63, 3.8) is 0 Å². The van der Waals surface area contributed by atoms with Crippen molar-refractivity contribution in [1.29, 1.82) is 0 Å². The van der Waals surface area contributed by atoms with Crippen molar-refractivity contribution in [3.05, 3.63) is 59.7 Å². The lowest BCUT2D eigenvalue weighted by Gasteiger charge is -2.13. The minimum absolute atomic E-state index is 0.359. The van der Waals surface area contributed by atoms with E-state index in [1.807, 2.05) is 24.3 Å². The van der Waals surface area contributed by atoms with Gasteiger partial charge in [0.15, 0.2) is 0 Å². The van der Waals surface area contributed by atoms with Gasteiger partial charge in [0, 0.05) is 18.7 Å². The summed E-state index contributed by atoms with van der Waals surface area (Å²) in [5, 5.41) is 3.31. The maximum absolute atomic E-state index is 13.3. The molecular formula is C16H17F2N. The molecule has 0 fully saturated rings. The van der Waals surface area contributed by atoms with Crippen molar-refractivity contribution in [2.45, 2.75) is 26.4 Å². The molecule has 0 aliphatic heterocycles.